The predicted octanol–water partition coefficient (Wildman–Crippen LogP) is 5.63. The van der Waals surface area contributed by atoms with Crippen LogP contribution >= 0.6 is 0 Å². The molecule has 0 atom stereocenters. The van der Waals surface area contributed by atoms with Gasteiger partial charge in [-0.25, -0.2) is 4.79 Å². The van der Waals surface area contributed by atoms with Crippen molar-refractivity contribution in [3.05, 3.63) is 42.1 Å². The van der Waals surface area contributed by atoms with Crippen LogP contribution in [0.5, 0.6) is 0 Å². The second-order valence-corrected chi connectivity index (χ2v) is 6.82. The van der Waals surface area contributed by atoms with Crippen LogP contribution in [-0.4, -0.2) is 12.1 Å². The van der Waals surface area contributed by atoms with Crippen LogP contribution in [0, 0.1) is 0 Å². The van der Waals surface area contributed by atoms with Crippen molar-refractivity contribution in [2.45, 2.75) is 76.7 Å². The molecule has 1 saturated carbocycles. The molecule has 0 heterocycles. The summed E-state index contributed by atoms with van der Waals surface area (Å²) in [5, 5.41) is 5.99. The highest BCUT2D eigenvalue weighted by Crippen LogP contribution is 2.16. The van der Waals surface area contributed by atoms with Gasteiger partial charge in [-0.15, -0.1) is 0 Å². The van der Waals surface area contributed by atoms with Crippen molar-refractivity contribution in [2.24, 2.45) is 0 Å². The molecular formula is C21H32N2O. The van der Waals surface area contributed by atoms with Crippen LogP contribution in [-0.2, 0) is 0 Å². The van der Waals surface area contributed by atoms with Crippen LogP contribution in [0.2, 0.25) is 0 Å². The average Bonchev–Trinajstić information content (AvgIpc) is 2.58. The number of benzene rings is 1. The van der Waals surface area contributed by atoms with Gasteiger partial charge in [0.1, 0.15) is 0 Å². The van der Waals surface area contributed by atoms with Gasteiger partial charge < -0.3 is 10.6 Å². The summed E-state index contributed by atoms with van der Waals surface area (Å²) in [4.78, 5) is 12.1. The van der Waals surface area contributed by atoms with E-state index in [1.807, 2.05) is 36.4 Å². The number of nitrogens with one attached hydrogen (secondary N) is 2. The van der Waals surface area contributed by atoms with Crippen LogP contribution in [0.15, 0.2) is 36.5 Å². The normalized spacial score (nSPS) is 18.5. The Morgan fingerprint density at radius 3 is 1.96 bits per heavy atom. The number of carbonyl (C=O) groups excluding carboxylic acids is 1. The number of hydrogen-bond acceptors (Lipinski definition) is 1. The molecule has 0 spiro atoms. The lowest BCUT2D eigenvalue weighted by atomic mass is 9.98. The lowest BCUT2D eigenvalue weighted by molar-refractivity contribution is 0.238. The molecule has 0 aromatic heterocycles. The lowest BCUT2D eigenvalue weighted by Gasteiger charge is -2.19. The van der Waals surface area contributed by atoms with E-state index in [4.69, 9.17) is 0 Å². The average molecular weight is 329 g/mol. The second kappa shape index (κ2) is 11.7. The fourth-order valence-electron chi connectivity index (χ4n) is 3.31. The number of urea groups is 1. The molecule has 1 aromatic rings. The monoisotopic (exact) mass is 328 g/mol. The molecule has 0 unspecified atom stereocenters. The SMILES string of the molecule is O=C(N/C=C/c1ccccc1)NC1CCCCCCCCCCC1. The van der Waals surface area contributed by atoms with Crippen molar-refractivity contribution >= 4 is 12.1 Å². The quantitative estimate of drug-likeness (QED) is 0.742. The first-order chi connectivity index (χ1) is 11.8. The summed E-state index contributed by atoms with van der Waals surface area (Å²) in [5.74, 6) is 0. The molecule has 0 saturated heterocycles. The predicted molar refractivity (Wildman–Crippen MR) is 102 cm³/mol. The molecule has 1 fully saturated rings. The van der Waals surface area contributed by atoms with Gasteiger partial charge in [0.15, 0.2) is 0 Å². The zero-order chi connectivity index (χ0) is 16.9. The van der Waals surface area contributed by atoms with Crippen LogP contribution < -0.4 is 10.6 Å². The molecule has 2 N–H and O–H groups in total. The Labute approximate surface area is 146 Å². The topological polar surface area (TPSA) is 41.1 Å². The molecule has 1 aromatic carbocycles. The molecule has 0 bridgehead atoms. The van der Waals surface area contributed by atoms with Gasteiger partial charge in [0, 0.05) is 12.2 Å². The highest BCUT2D eigenvalue weighted by atomic mass is 16.2. The van der Waals surface area contributed by atoms with E-state index in [1.165, 1.54) is 57.8 Å². The number of carbonyl (C=O) groups is 1. The van der Waals surface area contributed by atoms with E-state index in [0.29, 0.717) is 6.04 Å². The molecule has 132 valence electrons. The Bertz CT molecular complexity index is 472. The first-order valence-corrected chi connectivity index (χ1v) is 9.63. The van der Waals surface area contributed by atoms with Gasteiger partial charge in [0.05, 0.1) is 0 Å². The zero-order valence-electron chi connectivity index (χ0n) is 14.8. The van der Waals surface area contributed by atoms with Gasteiger partial charge in [-0.3, -0.25) is 0 Å². The summed E-state index contributed by atoms with van der Waals surface area (Å²) in [7, 11) is 0. The van der Waals surface area contributed by atoms with E-state index < -0.39 is 0 Å². The Kier molecular flexibility index (Phi) is 9.07. The van der Waals surface area contributed by atoms with Crippen LogP contribution in [0.25, 0.3) is 6.08 Å². The first kappa shape index (κ1) is 18.6. The van der Waals surface area contributed by atoms with Gasteiger partial charge in [-0.1, -0.05) is 88.1 Å². The summed E-state index contributed by atoms with van der Waals surface area (Å²) < 4.78 is 0. The van der Waals surface area contributed by atoms with Crippen molar-refractivity contribution < 1.29 is 4.79 Å². The third kappa shape index (κ3) is 8.19. The van der Waals surface area contributed by atoms with E-state index >= 15 is 0 Å². The second-order valence-electron chi connectivity index (χ2n) is 6.82. The molecule has 24 heavy (non-hydrogen) atoms. The maximum Gasteiger partial charge on any atom is 0.318 e. The Morgan fingerprint density at radius 2 is 1.38 bits per heavy atom. The molecule has 2 amide bonds. The number of rotatable bonds is 3. The standard InChI is InChI=1S/C21H32N2O/c24-21(22-18-17-19-13-9-8-10-14-19)23-20-15-11-6-4-2-1-3-5-7-12-16-20/h8-10,13-14,17-18,20H,1-7,11-12,15-16H2,(H2,22,23,24)/b18-17+. The zero-order valence-corrected chi connectivity index (χ0v) is 14.8. The molecule has 3 heteroatoms. The Balaban J connectivity index is 1.73. The van der Waals surface area contributed by atoms with E-state index in [0.717, 1.165) is 18.4 Å². The molecular weight excluding hydrogens is 296 g/mol. The van der Waals surface area contributed by atoms with Crippen molar-refractivity contribution in [1.29, 1.82) is 0 Å². The third-order valence-corrected chi connectivity index (χ3v) is 4.73. The van der Waals surface area contributed by atoms with Gasteiger partial charge in [0.2, 0.25) is 0 Å². The highest BCUT2D eigenvalue weighted by molar-refractivity contribution is 5.76. The van der Waals surface area contributed by atoms with Crippen molar-refractivity contribution in [3.63, 3.8) is 0 Å². The van der Waals surface area contributed by atoms with E-state index in [-0.39, 0.29) is 6.03 Å². The number of amides is 2. The van der Waals surface area contributed by atoms with Crippen LogP contribution in [0.3, 0.4) is 0 Å². The molecule has 0 radical (unpaired) electrons. The molecule has 2 rings (SSSR count). The minimum Gasteiger partial charge on any atom is -0.335 e. The van der Waals surface area contributed by atoms with Crippen LogP contribution in [0.4, 0.5) is 4.79 Å². The highest BCUT2D eigenvalue weighted by Gasteiger charge is 2.11. The largest absolute Gasteiger partial charge is 0.335 e. The van der Waals surface area contributed by atoms with Crippen molar-refractivity contribution in [1.82, 2.24) is 10.6 Å². The summed E-state index contributed by atoms with van der Waals surface area (Å²) in [6, 6.07) is 10.2. The van der Waals surface area contributed by atoms with Gasteiger partial charge in [-0.2, -0.15) is 0 Å². The molecule has 0 aliphatic heterocycles. The summed E-state index contributed by atoms with van der Waals surface area (Å²) in [5.41, 5.74) is 1.09. The maximum absolute atomic E-state index is 12.1. The van der Waals surface area contributed by atoms with E-state index in [9.17, 15) is 4.79 Å². The number of hydrogen-bond donors (Lipinski definition) is 2. The molecule has 1 aliphatic rings. The Hall–Kier alpha value is -1.77. The smallest absolute Gasteiger partial charge is 0.318 e. The first-order valence-electron chi connectivity index (χ1n) is 9.63. The maximum atomic E-state index is 12.1. The van der Waals surface area contributed by atoms with Gasteiger partial charge in [0.25, 0.3) is 0 Å². The minimum absolute atomic E-state index is 0.0840. The van der Waals surface area contributed by atoms with Crippen LogP contribution in [0.1, 0.15) is 76.2 Å². The summed E-state index contributed by atoms with van der Waals surface area (Å²) >= 11 is 0. The summed E-state index contributed by atoms with van der Waals surface area (Å²) in [6.07, 6.45) is 17.8. The Morgan fingerprint density at radius 1 is 0.833 bits per heavy atom. The minimum atomic E-state index is -0.0840. The molecule has 3 nitrogen and oxygen atoms in total. The van der Waals surface area contributed by atoms with Gasteiger partial charge in [-0.05, 0) is 24.5 Å². The third-order valence-electron chi connectivity index (χ3n) is 4.73. The van der Waals surface area contributed by atoms with Gasteiger partial charge >= 0.3 is 6.03 Å². The fourth-order valence-corrected chi connectivity index (χ4v) is 3.31. The molecule has 1 aliphatic carbocycles. The van der Waals surface area contributed by atoms with Crippen molar-refractivity contribution in [2.75, 3.05) is 0 Å². The van der Waals surface area contributed by atoms with E-state index in [1.54, 1.807) is 6.20 Å². The fraction of sp³-hybridized carbons (Fsp3) is 0.571. The lowest BCUT2D eigenvalue weighted by Crippen LogP contribution is -2.40. The van der Waals surface area contributed by atoms with Crippen molar-refractivity contribution in [3.8, 4) is 0 Å². The summed E-state index contributed by atoms with van der Waals surface area (Å²) in [6.45, 7) is 0. The van der Waals surface area contributed by atoms with E-state index in [2.05, 4.69) is 10.6 Å².